The van der Waals surface area contributed by atoms with E-state index in [2.05, 4.69) is 5.32 Å². The van der Waals surface area contributed by atoms with Crippen LogP contribution in [-0.2, 0) is 14.3 Å². The van der Waals surface area contributed by atoms with Gasteiger partial charge in [0.1, 0.15) is 11.8 Å². The molecule has 7 heteroatoms. The van der Waals surface area contributed by atoms with Crippen molar-refractivity contribution in [3.8, 4) is 5.75 Å². The number of ether oxygens (including phenoxy) is 2. The predicted molar refractivity (Wildman–Crippen MR) is 78.6 cm³/mol. The van der Waals surface area contributed by atoms with Gasteiger partial charge in [-0.1, -0.05) is 11.6 Å². The van der Waals surface area contributed by atoms with Gasteiger partial charge in [-0.25, -0.2) is 0 Å². The summed E-state index contributed by atoms with van der Waals surface area (Å²) < 4.78 is 10.1. The van der Waals surface area contributed by atoms with Crippen molar-refractivity contribution in [2.45, 2.75) is 12.5 Å². The number of hydrogen-bond acceptors (Lipinski definition) is 5. The molecule has 1 amide bonds. The minimum absolute atomic E-state index is 0.0788. The summed E-state index contributed by atoms with van der Waals surface area (Å²) in [7, 11) is 3.23. The van der Waals surface area contributed by atoms with Crippen LogP contribution < -0.4 is 10.1 Å². The van der Waals surface area contributed by atoms with E-state index >= 15 is 0 Å². The summed E-state index contributed by atoms with van der Waals surface area (Å²) in [5, 5.41) is 3.23. The number of amides is 1. The molecule has 1 atom stereocenters. The molecule has 1 fully saturated rings. The van der Waals surface area contributed by atoms with Gasteiger partial charge in [0.15, 0.2) is 0 Å². The van der Waals surface area contributed by atoms with Gasteiger partial charge < -0.3 is 14.8 Å². The maximum Gasteiger partial charge on any atom is 0.323 e. The Kier molecular flexibility index (Phi) is 5.03. The van der Waals surface area contributed by atoms with Crippen molar-refractivity contribution in [2.75, 3.05) is 32.6 Å². The second-order valence-electron chi connectivity index (χ2n) is 4.78. The number of nitrogens with one attached hydrogen (secondary N) is 1. The molecule has 1 N–H and O–H groups in total. The van der Waals surface area contributed by atoms with Gasteiger partial charge in [-0.3, -0.25) is 14.5 Å². The van der Waals surface area contributed by atoms with Crippen LogP contribution in [0.15, 0.2) is 18.2 Å². The van der Waals surface area contributed by atoms with Crippen LogP contribution in [0.5, 0.6) is 5.75 Å². The Hall–Kier alpha value is -1.79. The summed E-state index contributed by atoms with van der Waals surface area (Å²) in [4.78, 5) is 25.2. The van der Waals surface area contributed by atoms with E-state index in [4.69, 9.17) is 21.1 Å². The Morgan fingerprint density at radius 1 is 1.57 bits per heavy atom. The Bertz CT molecular complexity index is 550. The molecule has 0 radical (unpaired) electrons. The zero-order chi connectivity index (χ0) is 15.4. The molecule has 0 saturated carbocycles. The van der Waals surface area contributed by atoms with Gasteiger partial charge in [0.2, 0.25) is 5.91 Å². The third-order valence-electron chi connectivity index (χ3n) is 3.27. The molecule has 0 spiro atoms. The average molecular weight is 313 g/mol. The van der Waals surface area contributed by atoms with Gasteiger partial charge in [-0.05, 0) is 25.2 Å². The monoisotopic (exact) mass is 312 g/mol. The molecule has 2 rings (SSSR count). The summed E-state index contributed by atoms with van der Waals surface area (Å²) >= 11 is 5.91. The highest BCUT2D eigenvalue weighted by Gasteiger charge is 2.31. The number of esters is 1. The lowest BCUT2D eigenvalue weighted by Gasteiger charge is -2.20. The first-order valence-electron chi connectivity index (χ1n) is 6.51. The zero-order valence-corrected chi connectivity index (χ0v) is 12.6. The highest BCUT2D eigenvalue weighted by atomic mass is 35.5. The Balaban J connectivity index is 1.98. The molecule has 1 saturated heterocycles. The normalized spacial score (nSPS) is 17.7. The second kappa shape index (κ2) is 6.78. The number of rotatable bonds is 5. The van der Waals surface area contributed by atoms with Gasteiger partial charge in [0.05, 0.1) is 25.9 Å². The molecule has 0 bridgehead atoms. The van der Waals surface area contributed by atoms with E-state index in [1.54, 1.807) is 30.1 Å². The van der Waals surface area contributed by atoms with Crippen molar-refractivity contribution in [1.29, 1.82) is 0 Å². The lowest BCUT2D eigenvalue weighted by molar-refractivity contribution is -0.142. The Labute approximate surface area is 128 Å². The number of halogens is 1. The van der Waals surface area contributed by atoms with Crippen molar-refractivity contribution < 1.29 is 19.1 Å². The first-order chi connectivity index (χ1) is 10.0. The Morgan fingerprint density at radius 3 is 2.95 bits per heavy atom. The van der Waals surface area contributed by atoms with Crippen molar-refractivity contribution in [2.24, 2.45) is 0 Å². The summed E-state index contributed by atoms with van der Waals surface area (Å²) in [6, 6.07) is 4.60. The first-order valence-corrected chi connectivity index (χ1v) is 6.89. The number of anilines is 1. The van der Waals surface area contributed by atoms with Crippen LogP contribution in [0.1, 0.15) is 6.42 Å². The average Bonchev–Trinajstić information content (AvgIpc) is 2.85. The van der Waals surface area contributed by atoms with E-state index < -0.39 is 0 Å². The molecule has 1 heterocycles. The zero-order valence-electron chi connectivity index (χ0n) is 11.9. The van der Waals surface area contributed by atoms with E-state index in [0.717, 1.165) is 0 Å². The molecule has 0 aromatic heterocycles. The van der Waals surface area contributed by atoms with Crippen molar-refractivity contribution in [3.05, 3.63) is 23.2 Å². The van der Waals surface area contributed by atoms with Gasteiger partial charge in [-0.15, -0.1) is 0 Å². The third-order valence-corrected chi connectivity index (χ3v) is 3.50. The van der Waals surface area contributed by atoms with Gasteiger partial charge in [0.25, 0.3) is 0 Å². The quantitative estimate of drug-likeness (QED) is 0.835. The largest absolute Gasteiger partial charge is 0.495 e. The summed E-state index contributed by atoms with van der Waals surface area (Å²) in [6.45, 7) is 0.479. The van der Waals surface area contributed by atoms with E-state index in [9.17, 15) is 9.59 Å². The smallest absolute Gasteiger partial charge is 0.323 e. The Morgan fingerprint density at radius 2 is 2.33 bits per heavy atom. The standard InChI is InChI=1S/C14H17ClN2O4/c1-17(11-5-6-21-14(11)19)8-13(18)16-10-7-9(15)3-4-12(10)20-2/h3-4,7,11H,5-6,8H2,1-2H3,(H,16,18)/t11-/m0/s1. The fraction of sp³-hybridized carbons (Fsp3) is 0.429. The maximum absolute atomic E-state index is 12.1. The number of likely N-dealkylation sites (N-methyl/N-ethyl adjacent to an activating group) is 1. The molecular weight excluding hydrogens is 296 g/mol. The third kappa shape index (κ3) is 3.86. The number of methoxy groups -OCH3 is 1. The van der Waals surface area contributed by atoms with Crippen LogP contribution >= 0.6 is 11.6 Å². The number of carbonyl (C=O) groups excluding carboxylic acids is 2. The number of benzene rings is 1. The second-order valence-corrected chi connectivity index (χ2v) is 5.22. The van der Waals surface area contributed by atoms with Crippen LogP contribution in [0.3, 0.4) is 0 Å². The molecule has 1 aromatic carbocycles. The number of cyclic esters (lactones) is 1. The molecule has 6 nitrogen and oxygen atoms in total. The molecular formula is C14H17ClN2O4. The van der Waals surface area contributed by atoms with E-state index in [-0.39, 0.29) is 24.5 Å². The molecule has 21 heavy (non-hydrogen) atoms. The highest BCUT2D eigenvalue weighted by Crippen LogP contribution is 2.27. The fourth-order valence-corrected chi connectivity index (χ4v) is 2.36. The van der Waals surface area contributed by atoms with Crippen LogP contribution in [0.4, 0.5) is 5.69 Å². The molecule has 114 valence electrons. The van der Waals surface area contributed by atoms with Crippen molar-refractivity contribution in [1.82, 2.24) is 4.90 Å². The summed E-state index contributed by atoms with van der Waals surface area (Å²) in [6.07, 6.45) is 0.600. The minimum Gasteiger partial charge on any atom is -0.495 e. The molecule has 1 aliphatic heterocycles. The van der Waals surface area contributed by atoms with Crippen LogP contribution in [-0.4, -0.2) is 50.1 Å². The lowest BCUT2D eigenvalue weighted by atomic mass is 10.2. The van der Waals surface area contributed by atoms with Crippen LogP contribution in [0, 0.1) is 0 Å². The van der Waals surface area contributed by atoms with Gasteiger partial charge >= 0.3 is 5.97 Å². The van der Waals surface area contributed by atoms with Crippen LogP contribution in [0.25, 0.3) is 0 Å². The van der Waals surface area contributed by atoms with E-state index in [1.165, 1.54) is 7.11 Å². The first kappa shape index (κ1) is 15.6. The van der Waals surface area contributed by atoms with Crippen molar-refractivity contribution >= 4 is 29.2 Å². The topological polar surface area (TPSA) is 67.9 Å². The molecule has 0 aliphatic carbocycles. The number of hydrogen-bond donors (Lipinski definition) is 1. The van der Waals surface area contributed by atoms with Gasteiger partial charge in [0, 0.05) is 11.4 Å². The molecule has 1 aliphatic rings. The fourth-order valence-electron chi connectivity index (χ4n) is 2.19. The summed E-state index contributed by atoms with van der Waals surface area (Å²) in [5.74, 6) is -0.0147. The van der Waals surface area contributed by atoms with Gasteiger partial charge in [-0.2, -0.15) is 0 Å². The summed E-state index contributed by atoms with van der Waals surface area (Å²) in [5.41, 5.74) is 0.498. The number of carbonyl (C=O) groups is 2. The SMILES string of the molecule is COc1ccc(Cl)cc1NC(=O)CN(C)[C@H]1CCOC1=O. The number of nitrogens with zero attached hydrogens (tertiary/aromatic N) is 1. The van der Waals surface area contributed by atoms with Crippen molar-refractivity contribution in [3.63, 3.8) is 0 Å². The maximum atomic E-state index is 12.1. The van der Waals surface area contributed by atoms with E-state index in [0.29, 0.717) is 29.5 Å². The molecule has 1 aromatic rings. The minimum atomic E-state index is -0.364. The van der Waals surface area contributed by atoms with Crippen LogP contribution in [0.2, 0.25) is 5.02 Å². The predicted octanol–water partition coefficient (Wildman–Crippen LogP) is 1.53. The highest BCUT2D eigenvalue weighted by molar-refractivity contribution is 6.31. The van der Waals surface area contributed by atoms with E-state index in [1.807, 2.05) is 0 Å². The lowest BCUT2D eigenvalue weighted by Crippen LogP contribution is -2.40. The molecule has 0 unspecified atom stereocenters.